The maximum Gasteiger partial charge on any atom is 0.231 e. The first-order valence-corrected chi connectivity index (χ1v) is 10.2. The summed E-state index contributed by atoms with van der Waals surface area (Å²) in [5, 5.41) is 0. The van der Waals surface area contributed by atoms with E-state index < -0.39 is 10.0 Å². The molecule has 7 heteroatoms. The topological polar surface area (TPSA) is 67.9 Å². The normalized spacial score (nSPS) is 14.6. The number of sulfonamides is 1. The predicted molar refractivity (Wildman–Crippen MR) is 101 cm³/mol. The number of ether oxygens (including phenoxy) is 2. The van der Waals surface area contributed by atoms with Gasteiger partial charge in [-0.1, -0.05) is 36.4 Å². The lowest BCUT2D eigenvalue weighted by Crippen LogP contribution is -2.36. The summed E-state index contributed by atoms with van der Waals surface area (Å²) in [6.45, 7) is 0.515. The lowest BCUT2D eigenvalue weighted by Gasteiger charge is -2.25. The lowest BCUT2D eigenvalue weighted by atomic mass is 10.1. The quantitative estimate of drug-likeness (QED) is 0.765. The van der Waals surface area contributed by atoms with Crippen molar-refractivity contribution in [1.29, 1.82) is 0 Å². The van der Waals surface area contributed by atoms with E-state index in [-0.39, 0.29) is 18.6 Å². The highest BCUT2D eigenvalue weighted by Gasteiger charge is 2.21. The Morgan fingerprint density at radius 1 is 1.08 bits per heavy atom. The molecule has 0 saturated carbocycles. The third-order valence-corrected chi connectivity index (χ3v) is 5.75. The zero-order chi connectivity index (χ0) is 18.6. The van der Waals surface area contributed by atoms with E-state index in [2.05, 4.69) is 4.72 Å². The molecule has 0 aromatic heterocycles. The van der Waals surface area contributed by atoms with Crippen molar-refractivity contribution in [1.82, 2.24) is 9.62 Å². The van der Waals surface area contributed by atoms with E-state index in [1.807, 2.05) is 67.5 Å². The van der Waals surface area contributed by atoms with Crippen molar-refractivity contribution in [2.75, 3.05) is 33.2 Å². The van der Waals surface area contributed by atoms with Gasteiger partial charge in [-0.05, 0) is 43.8 Å². The lowest BCUT2D eigenvalue weighted by molar-refractivity contribution is 0.174. The van der Waals surface area contributed by atoms with Crippen LogP contribution in [0.15, 0.2) is 48.5 Å². The molecule has 0 amide bonds. The fourth-order valence-corrected chi connectivity index (χ4v) is 3.95. The molecule has 2 aromatic carbocycles. The molecule has 2 aromatic rings. The fourth-order valence-electron chi connectivity index (χ4n) is 2.89. The second-order valence-electron chi connectivity index (χ2n) is 6.50. The van der Waals surface area contributed by atoms with E-state index >= 15 is 0 Å². The molecule has 0 spiro atoms. The summed E-state index contributed by atoms with van der Waals surface area (Å²) in [6.07, 6.45) is 0.493. The summed E-state index contributed by atoms with van der Waals surface area (Å²) in [5.41, 5.74) is 1.99. The second-order valence-corrected chi connectivity index (χ2v) is 8.42. The first-order valence-electron chi connectivity index (χ1n) is 8.52. The van der Waals surface area contributed by atoms with E-state index in [1.165, 1.54) is 0 Å². The van der Waals surface area contributed by atoms with Crippen molar-refractivity contribution < 1.29 is 17.9 Å². The van der Waals surface area contributed by atoms with Gasteiger partial charge >= 0.3 is 0 Å². The number of hydrogen-bond acceptors (Lipinski definition) is 5. The van der Waals surface area contributed by atoms with Crippen molar-refractivity contribution in [2.24, 2.45) is 0 Å². The van der Waals surface area contributed by atoms with E-state index in [1.54, 1.807) is 0 Å². The van der Waals surface area contributed by atoms with Crippen LogP contribution < -0.4 is 14.2 Å². The molecule has 0 saturated heterocycles. The first-order chi connectivity index (χ1) is 12.4. The minimum Gasteiger partial charge on any atom is -0.454 e. The van der Waals surface area contributed by atoms with Gasteiger partial charge in [0.05, 0.1) is 5.75 Å². The number of aryl methyl sites for hydroxylation is 1. The van der Waals surface area contributed by atoms with Crippen molar-refractivity contribution in [3.8, 4) is 11.5 Å². The predicted octanol–water partition coefficient (Wildman–Crippen LogP) is 2.18. The average molecular weight is 376 g/mol. The Balaban J connectivity index is 1.63. The third-order valence-electron chi connectivity index (χ3n) is 4.40. The van der Waals surface area contributed by atoms with Crippen molar-refractivity contribution in [3.05, 3.63) is 59.7 Å². The number of rotatable bonds is 8. The largest absolute Gasteiger partial charge is 0.454 e. The summed E-state index contributed by atoms with van der Waals surface area (Å²) in [5.74, 6) is 1.48. The van der Waals surface area contributed by atoms with Gasteiger partial charge in [-0.2, -0.15) is 0 Å². The maximum atomic E-state index is 12.4. The monoisotopic (exact) mass is 376 g/mol. The van der Waals surface area contributed by atoms with Gasteiger partial charge < -0.3 is 14.4 Å². The Kier molecular flexibility index (Phi) is 5.80. The molecule has 0 fully saturated rings. The Hall–Kier alpha value is -2.09. The van der Waals surface area contributed by atoms with E-state index in [0.29, 0.717) is 18.7 Å². The first kappa shape index (κ1) is 18.7. The molecule has 1 aliphatic heterocycles. The van der Waals surface area contributed by atoms with Gasteiger partial charge in [-0.3, -0.25) is 0 Å². The zero-order valence-electron chi connectivity index (χ0n) is 15.0. The van der Waals surface area contributed by atoms with Crippen LogP contribution in [0.2, 0.25) is 0 Å². The summed E-state index contributed by atoms with van der Waals surface area (Å²) >= 11 is 0. The van der Waals surface area contributed by atoms with Crippen molar-refractivity contribution in [2.45, 2.75) is 12.5 Å². The number of hydrogen-bond donors (Lipinski definition) is 1. The molecule has 140 valence electrons. The number of nitrogens with one attached hydrogen (secondary N) is 1. The summed E-state index contributed by atoms with van der Waals surface area (Å²) in [4.78, 5) is 1.98. The molecule has 1 atom stereocenters. The molecule has 3 rings (SSSR count). The molecule has 1 aliphatic rings. The molecule has 1 heterocycles. The van der Waals surface area contributed by atoms with Crippen LogP contribution in [0.4, 0.5) is 0 Å². The number of fused-ring (bicyclic) bond motifs is 1. The molecular formula is C19H24N2O4S. The fraction of sp³-hybridized carbons (Fsp3) is 0.368. The molecule has 1 unspecified atom stereocenters. The van der Waals surface area contributed by atoms with E-state index in [4.69, 9.17) is 9.47 Å². The minimum atomic E-state index is -3.36. The summed E-state index contributed by atoms with van der Waals surface area (Å²) in [6, 6.07) is 15.2. The molecule has 0 radical (unpaired) electrons. The Morgan fingerprint density at radius 2 is 1.81 bits per heavy atom. The van der Waals surface area contributed by atoms with Crippen LogP contribution in [0.3, 0.4) is 0 Å². The van der Waals surface area contributed by atoms with Crippen LogP contribution in [-0.2, 0) is 16.4 Å². The molecule has 0 bridgehead atoms. The number of benzene rings is 2. The maximum absolute atomic E-state index is 12.4. The van der Waals surface area contributed by atoms with Crippen molar-refractivity contribution >= 4 is 10.0 Å². The third kappa shape index (κ3) is 4.75. The highest BCUT2D eigenvalue weighted by molar-refractivity contribution is 7.89. The van der Waals surface area contributed by atoms with E-state index in [9.17, 15) is 8.42 Å². The minimum absolute atomic E-state index is 0.0678. The van der Waals surface area contributed by atoms with E-state index in [0.717, 1.165) is 16.9 Å². The smallest absolute Gasteiger partial charge is 0.231 e. The highest BCUT2D eigenvalue weighted by atomic mass is 32.2. The van der Waals surface area contributed by atoms with Gasteiger partial charge in [0.25, 0.3) is 0 Å². The van der Waals surface area contributed by atoms with Gasteiger partial charge in [-0.15, -0.1) is 0 Å². The van der Waals surface area contributed by atoms with Crippen LogP contribution in [0, 0.1) is 0 Å². The highest BCUT2D eigenvalue weighted by Crippen LogP contribution is 2.34. The van der Waals surface area contributed by atoms with Crippen LogP contribution in [0.1, 0.15) is 17.2 Å². The van der Waals surface area contributed by atoms with Crippen molar-refractivity contribution in [3.63, 3.8) is 0 Å². The molecule has 6 nitrogen and oxygen atoms in total. The molecule has 0 aliphatic carbocycles. The van der Waals surface area contributed by atoms with Crippen LogP contribution in [0.5, 0.6) is 11.5 Å². The summed E-state index contributed by atoms with van der Waals surface area (Å²) < 4.78 is 38.2. The zero-order valence-corrected chi connectivity index (χ0v) is 15.8. The van der Waals surface area contributed by atoms with Gasteiger partial charge in [0.15, 0.2) is 11.5 Å². The van der Waals surface area contributed by atoms with Gasteiger partial charge in [0.1, 0.15) is 0 Å². The van der Waals surface area contributed by atoms with Crippen LogP contribution >= 0.6 is 0 Å². The van der Waals surface area contributed by atoms with Gasteiger partial charge in [0, 0.05) is 12.6 Å². The Bertz CT molecular complexity index is 838. The molecule has 1 N–H and O–H groups in total. The molecular weight excluding hydrogens is 352 g/mol. The van der Waals surface area contributed by atoms with Gasteiger partial charge in [-0.25, -0.2) is 13.1 Å². The molecule has 26 heavy (non-hydrogen) atoms. The Labute approximate surface area is 154 Å². The Morgan fingerprint density at radius 3 is 2.54 bits per heavy atom. The number of likely N-dealkylation sites (N-methyl/N-ethyl adjacent to an activating group) is 1. The van der Waals surface area contributed by atoms with Crippen LogP contribution in [0.25, 0.3) is 0 Å². The van der Waals surface area contributed by atoms with Gasteiger partial charge in [0.2, 0.25) is 16.8 Å². The van der Waals surface area contributed by atoms with Crippen LogP contribution in [-0.4, -0.2) is 46.5 Å². The second kappa shape index (κ2) is 8.07. The summed E-state index contributed by atoms with van der Waals surface area (Å²) in [7, 11) is 0.488. The SMILES string of the molecule is CN(C)C(CNS(=O)(=O)CCc1ccccc1)c1ccc2c(c1)OCO2. The average Bonchev–Trinajstić information content (AvgIpc) is 3.09. The number of nitrogens with zero attached hydrogens (tertiary/aromatic N) is 1. The standard InChI is InChI=1S/C19H24N2O4S/c1-21(2)17(16-8-9-18-19(12-16)25-14-24-18)13-20-26(22,23)11-10-15-6-4-3-5-7-15/h3-9,12,17,20H,10-11,13-14H2,1-2H3.